The van der Waals surface area contributed by atoms with Crippen LogP contribution in [0.1, 0.15) is 25.0 Å². The van der Waals surface area contributed by atoms with Crippen molar-refractivity contribution >= 4 is 5.69 Å². The summed E-state index contributed by atoms with van der Waals surface area (Å²) in [4.78, 5) is 2.20. The van der Waals surface area contributed by atoms with Gasteiger partial charge in [-0.1, -0.05) is 6.07 Å². The van der Waals surface area contributed by atoms with Crippen LogP contribution in [0, 0.1) is 0 Å². The summed E-state index contributed by atoms with van der Waals surface area (Å²) in [5.41, 5.74) is 1.80. The standard InChI is InChI=1S/C16H27NO4/c1-13(18)16-14(7-5-8-15(16)21-4)17(10-12-20-3)9-6-11-19-2/h5,7-8,13,18H,6,9-12H2,1-4H3/t13-/m1/s1. The molecule has 5 heteroatoms. The van der Waals surface area contributed by atoms with Crippen molar-refractivity contribution in [3.8, 4) is 5.75 Å². The Balaban J connectivity index is 3.03. The fraction of sp³-hybridized carbons (Fsp3) is 0.625. The summed E-state index contributed by atoms with van der Waals surface area (Å²) < 4.78 is 15.7. The molecule has 0 spiro atoms. The van der Waals surface area contributed by atoms with Gasteiger partial charge in [0.25, 0.3) is 0 Å². The highest BCUT2D eigenvalue weighted by atomic mass is 16.5. The molecule has 21 heavy (non-hydrogen) atoms. The first-order chi connectivity index (χ1) is 10.2. The van der Waals surface area contributed by atoms with Gasteiger partial charge in [0.05, 0.1) is 19.8 Å². The molecule has 1 aromatic rings. The molecule has 1 atom stereocenters. The molecule has 0 saturated carbocycles. The van der Waals surface area contributed by atoms with Crippen molar-refractivity contribution in [3.05, 3.63) is 23.8 Å². The predicted octanol–water partition coefficient (Wildman–Crippen LogP) is 2.24. The number of rotatable bonds is 10. The fourth-order valence-electron chi connectivity index (χ4n) is 2.36. The number of aliphatic hydroxyl groups is 1. The molecule has 0 aliphatic heterocycles. The van der Waals surface area contributed by atoms with Crippen LogP contribution in [0.5, 0.6) is 5.75 Å². The molecule has 1 rings (SSSR count). The molecule has 0 unspecified atom stereocenters. The molecule has 1 N–H and O–H groups in total. The van der Waals surface area contributed by atoms with E-state index in [1.165, 1.54) is 0 Å². The summed E-state index contributed by atoms with van der Waals surface area (Å²) in [6.45, 7) is 4.68. The van der Waals surface area contributed by atoms with Crippen molar-refractivity contribution in [2.24, 2.45) is 0 Å². The molecule has 0 aliphatic rings. The molecule has 1 aromatic carbocycles. The number of benzene rings is 1. The lowest BCUT2D eigenvalue weighted by Crippen LogP contribution is -2.30. The SMILES string of the molecule is COCCCN(CCOC)c1cccc(OC)c1[C@@H](C)O. The lowest BCUT2D eigenvalue weighted by Gasteiger charge is -2.28. The summed E-state index contributed by atoms with van der Waals surface area (Å²) in [6, 6.07) is 5.82. The van der Waals surface area contributed by atoms with Crippen molar-refractivity contribution in [3.63, 3.8) is 0 Å². The molecule has 5 nitrogen and oxygen atoms in total. The van der Waals surface area contributed by atoms with E-state index in [-0.39, 0.29) is 0 Å². The molecule has 0 fully saturated rings. The summed E-state index contributed by atoms with van der Waals surface area (Å²) >= 11 is 0. The second-order valence-corrected chi connectivity index (χ2v) is 4.90. The molecule has 0 heterocycles. The van der Waals surface area contributed by atoms with Crippen molar-refractivity contribution < 1.29 is 19.3 Å². The maximum absolute atomic E-state index is 10.1. The Labute approximate surface area is 127 Å². The number of aliphatic hydroxyl groups excluding tert-OH is 1. The first kappa shape index (κ1) is 17.8. The van der Waals surface area contributed by atoms with Crippen molar-refractivity contribution in [1.82, 2.24) is 0 Å². The Morgan fingerprint density at radius 3 is 2.38 bits per heavy atom. The van der Waals surface area contributed by atoms with Gasteiger partial charge in [-0.05, 0) is 25.5 Å². The van der Waals surface area contributed by atoms with Crippen LogP contribution in [0.3, 0.4) is 0 Å². The Kier molecular flexibility index (Phi) is 8.12. The van der Waals surface area contributed by atoms with Gasteiger partial charge in [-0.2, -0.15) is 0 Å². The van der Waals surface area contributed by atoms with E-state index in [0.29, 0.717) is 19.0 Å². The lowest BCUT2D eigenvalue weighted by molar-refractivity contribution is 0.188. The summed E-state index contributed by atoms with van der Waals surface area (Å²) in [7, 11) is 5.01. The summed E-state index contributed by atoms with van der Waals surface area (Å²) in [5, 5.41) is 10.1. The average Bonchev–Trinajstić information content (AvgIpc) is 2.49. The normalized spacial score (nSPS) is 12.2. The number of ether oxygens (including phenoxy) is 3. The molecule has 0 aliphatic carbocycles. The van der Waals surface area contributed by atoms with Gasteiger partial charge in [0.1, 0.15) is 5.75 Å². The highest BCUT2D eigenvalue weighted by Gasteiger charge is 2.18. The first-order valence-corrected chi connectivity index (χ1v) is 7.23. The van der Waals surface area contributed by atoms with Gasteiger partial charge in [-0.15, -0.1) is 0 Å². The third-order valence-corrected chi connectivity index (χ3v) is 3.36. The van der Waals surface area contributed by atoms with Crippen LogP contribution in [-0.2, 0) is 9.47 Å². The highest BCUT2D eigenvalue weighted by Crippen LogP contribution is 2.34. The van der Waals surface area contributed by atoms with Gasteiger partial charge in [0.2, 0.25) is 0 Å². The van der Waals surface area contributed by atoms with Gasteiger partial charge in [0.15, 0.2) is 0 Å². The Bertz CT molecular complexity index is 409. The number of hydrogen-bond donors (Lipinski definition) is 1. The highest BCUT2D eigenvalue weighted by molar-refractivity contribution is 5.60. The quantitative estimate of drug-likeness (QED) is 0.671. The third kappa shape index (κ3) is 5.19. The van der Waals surface area contributed by atoms with Gasteiger partial charge in [0, 0.05) is 45.2 Å². The van der Waals surface area contributed by atoms with Crippen LogP contribution >= 0.6 is 0 Å². The number of anilines is 1. The lowest BCUT2D eigenvalue weighted by atomic mass is 10.1. The second kappa shape index (κ2) is 9.60. The van der Waals surface area contributed by atoms with E-state index in [4.69, 9.17) is 14.2 Å². The molecule has 0 saturated heterocycles. The third-order valence-electron chi connectivity index (χ3n) is 3.36. The zero-order valence-electron chi connectivity index (χ0n) is 13.5. The largest absolute Gasteiger partial charge is 0.496 e. The maximum Gasteiger partial charge on any atom is 0.126 e. The van der Waals surface area contributed by atoms with Crippen LogP contribution in [0.15, 0.2) is 18.2 Å². The molecular weight excluding hydrogens is 270 g/mol. The zero-order chi connectivity index (χ0) is 15.7. The minimum atomic E-state index is -0.594. The maximum atomic E-state index is 10.1. The van der Waals surface area contributed by atoms with E-state index in [0.717, 1.165) is 30.8 Å². The van der Waals surface area contributed by atoms with E-state index in [9.17, 15) is 5.11 Å². The minimum absolute atomic E-state index is 0.594. The smallest absolute Gasteiger partial charge is 0.126 e. The van der Waals surface area contributed by atoms with E-state index < -0.39 is 6.10 Å². The van der Waals surface area contributed by atoms with Crippen molar-refractivity contribution in [1.29, 1.82) is 0 Å². The van der Waals surface area contributed by atoms with Gasteiger partial charge in [-0.25, -0.2) is 0 Å². The monoisotopic (exact) mass is 297 g/mol. The molecular formula is C16H27NO4. The summed E-state index contributed by atoms with van der Waals surface area (Å²) in [5.74, 6) is 0.705. The average molecular weight is 297 g/mol. The van der Waals surface area contributed by atoms with Gasteiger partial charge in [-0.3, -0.25) is 0 Å². The molecule has 0 radical (unpaired) electrons. The number of methoxy groups -OCH3 is 3. The zero-order valence-corrected chi connectivity index (χ0v) is 13.5. The first-order valence-electron chi connectivity index (χ1n) is 7.23. The molecule has 0 bridgehead atoms. The van der Waals surface area contributed by atoms with Crippen LogP contribution in [-0.4, -0.2) is 52.7 Å². The Morgan fingerprint density at radius 2 is 1.81 bits per heavy atom. The topological polar surface area (TPSA) is 51.2 Å². The fourth-order valence-corrected chi connectivity index (χ4v) is 2.36. The Morgan fingerprint density at radius 1 is 1.10 bits per heavy atom. The van der Waals surface area contributed by atoms with E-state index in [1.807, 2.05) is 18.2 Å². The van der Waals surface area contributed by atoms with Gasteiger partial charge >= 0.3 is 0 Å². The van der Waals surface area contributed by atoms with Crippen molar-refractivity contribution in [2.75, 3.05) is 52.5 Å². The van der Waals surface area contributed by atoms with Crippen LogP contribution < -0.4 is 9.64 Å². The van der Waals surface area contributed by atoms with Gasteiger partial charge < -0.3 is 24.2 Å². The Hall–Kier alpha value is -1.30. The van der Waals surface area contributed by atoms with Crippen LogP contribution in [0.25, 0.3) is 0 Å². The molecule has 0 aromatic heterocycles. The van der Waals surface area contributed by atoms with Crippen LogP contribution in [0.2, 0.25) is 0 Å². The molecule has 0 amide bonds. The number of nitrogens with zero attached hydrogens (tertiary/aromatic N) is 1. The molecule has 120 valence electrons. The van der Waals surface area contributed by atoms with E-state index in [1.54, 1.807) is 28.3 Å². The van der Waals surface area contributed by atoms with E-state index in [2.05, 4.69) is 4.90 Å². The summed E-state index contributed by atoms with van der Waals surface area (Å²) in [6.07, 6.45) is 0.319. The predicted molar refractivity (Wildman–Crippen MR) is 84.2 cm³/mol. The second-order valence-electron chi connectivity index (χ2n) is 4.90. The van der Waals surface area contributed by atoms with Crippen molar-refractivity contribution in [2.45, 2.75) is 19.4 Å². The minimum Gasteiger partial charge on any atom is -0.496 e. The van der Waals surface area contributed by atoms with Crippen LogP contribution in [0.4, 0.5) is 5.69 Å². The van der Waals surface area contributed by atoms with E-state index >= 15 is 0 Å². The number of hydrogen-bond acceptors (Lipinski definition) is 5.